The van der Waals surface area contributed by atoms with Gasteiger partial charge in [-0.15, -0.1) is 0 Å². The molecule has 1 aliphatic carbocycles. The minimum absolute atomic E-state index is 0.00782. The first-order valence-corrected chi connectivity index (χ1v) is 11.9. The first-order chi connectivity index (χ1) is 16.3. The Bertz CT molecular complexity index is 1140. The van der Waals surface area contributed by atoms with Gasteiger partial charge in [-0.25, -0.2) is 4.98 Å². The molecule has 0 bridgehead atoms. The molecule has 34 heavy (non-hydrogen) atoms. The summed E-state index contributed by atoms with van der Waals surface area (Å²) in [4.78, 5) is 19.8. The van der Waals surface area contributed by atoms with E-state index in [-0.39, 0.29) is 22.7 Å². The van der Waals surface area contributed by atoms with Gasteiger partial charge in [0.2, 0.25) is 0 Å². The third-order valence-corrected chi connectivity index (χ3v) is 7.06. The molecule has 4 nitrogen and oxygen atoms in total. The fraction of sp³-hybridized carbons (Fsp3) is 0.407. The number of amides is 1. The maximum atomic E-state index is 13.7. The van der Waals surface area contributed by atoms with E-state index in [0.29, 0.717) is 5.39 Å². The predicted molar refractivity (Wildman–Crippen MR) is 128 cm³/mol. The van der Waals surface area contributed by atoms with E-state index in [4.69, 9.17) is 0 Å². The van der Waals surface area contributed by atoms with Crippen molar-refractivity contribution in [2.75, 3.05) is 13.1 Å². The third kappa shape index (κ3) is 4.53. The Morgan fingerprint density at radius 1 is 1.03 bits per heavy atom. The molecule has 4 rings (SSSR count). The van der Waals surface area contributed by atoms with E-state index in [1.807, 2.05) is 30.3 Å². The number of para-hydroxylation sites is 1. The lowest BCUT2D eigenvalue weighted by Gasteiger charge is -2.46. The molecule has 0 radical (unpaired) electrons. The molecule has 0 aliphatic heterocycles. The zero-order chi connectivity index (χ0) is 24.3. The van der Waals surface area contributed by atoms with Crippen LogP contribution >= 0.6 is 0 Å². The molecule has 1 amide bonds. The number of carbonyl (C=O) groups excluding carboxylic acids is 1. The first-order valence-electron chi connectivity index (χ1n) is 11.9. The molecule has 0 saturated heterocycles. The maximum Gasteiger partial charge on any atom is 0.433 e. The van der Waals surface area contributed by atoms with Crippen molar-refractivity contribution in [1.82, 2.24) is 15.2 Å². The monoisotopic (exact) mass is 469 g/mol. The number of fused-ring (bicyclic) bond motifs is 1. The molecule has 1 atom stereocenters. The molecule has 1 aliphatic rings. The Morgan fingerprint density at radius 2 is 1.65 bits per heavy atom. The third-order valence-electron chi connectivity index (χ3n) is 7.06. The second-order valence-electron chi connectivity index (χ2n) is 8.87. The minimum Gasteiger partial charge on any atom is -0.343 e. The van der Waals surface area contributed by atoms with E-state index in [2.05, 4.69) is 29.0 Å². The molecule has 1 fully saturated rings. The van der Waals surface area contributed by atoms with Crippen molar-refractivity contribution in [3.63, 3.8) is 0 Å². The highest BCUT2D eigenvalue weighted by Gasteiger charge is 2.46. The van der Waals surface area contributed by atoms with E-state index in [1.165, 1.54) is 6.07 Å². The largest absolute Gasteiger partial charge is 0.433 e. The predicted octanol–water partition coefficient (Wildman–Crippen LogP) is 6.38. The average Bonchev–Trinajstić information content (AvgIpc) is 3.33. The highest BCUT2D eigenvalue weighted by molar-refractivity contribution is 6.06. The van der Waals surface area contributed by atoms with Gasteiger partial charge in [0.15, 0.2) is 0 Å². The van der Waals surface area contributed by atoms with Crippen molar-refractivity contribution in [1.29, 1.82) is 0 Å². The summed E-state index contributed by atoms with van der Waals surface area (Å²) in [6.45, 7) is 5.87. The van der Waals surface area contributed by atoms with E-state index < -0.39 is 17.8 Å². The van der Waals surface area contributed by atoms with Crippen LogP contribution in [-0.2, 0) is 6.18 Å². The number of hydrogen-bond acceptors (Lipinski definition) is 3. The second-order valence-corrected chi connectivity index (χ2v) is 8.87. The summed E-state index contributed by atoms with van der Waals surface area (Å²) in [5.41, 5.74) is -0.258. The van der Waals surface area contributed by atoms with E-state index in [9.17, 15) is 18.0 Å². The quantitative estimate of drug-likeness (QED) is 0.437. The summed E-state index contributed by atoms with van der Waals surface area (Å²) in [7, 11) is 0. The van der Waals surface area contributed by atoms with Crippen molar-refractivity contribution in [3.8, 4) is 0 Å². The van der Waals surface area contributed by atoms with Gasteiger partial charge in [0.05, 0.1) is 17.1 Å². The fourth-order valence-electron chi connectivity index (χ4n) is 5.52. The molecular formula is C27H30F3N3O. The van der Waals surface area contributed by atoms with Crippen LogP contribution in [0.5, 0.6) is 0 Å². The maximum absolute atomic E-state index is 13.7. The zero-order valence-electron chi connectivity index (χ0n) is 19.5. The number of alkyl halides is 3. The number of likely N-dealkylation sites (N-methyl/N-ethyl adjacent to an activating group) is 1. The van der Waals surface area contributed by atoms with Gasteiger partial charge in [-0.2, -0.15) is 13.2 Å². The van der Waals surface area contributed by atoms with Crippen molar-refractivity contribution in [2.45, 2.75) is 57.3 Å². The van der Waals surface area contributed by atoms with Crippen LogP contribution in [0.1, 0.15) is 67.2 Å². The second kappa shape index (κ2) is 9.74. The van der Waals surface area contributed by atoms with Crippen molar-refractivity contribution < 1.29 is 18.0 Å². The number of rotatable bonds is 7. The van der Waals surface area contributed by atoms with Crippen molar-refractivity contribution in [3.05, 3.63) is 77.5 Å². The Balaban J connectivity index is 1.82. The normalized spacial score (nSPS) is 16.6. The average molecular weight is 470 g/mol. The number of halogens is 3. The van der Waals surface area contributed by atoms with Crippen molar-refractivity contribution in [2.24, 2.45) is 0 Å². The topological polar surface area (TPSA) is 45.2 Å². The molecule has 180 valence electrons. The van der Waals surface area contributed by atoms with Gasteiger partial charge in [-0.3, -0.25) is 9.69 Å². The van der Waals surface area contributed by atoms with Gasteiger partial charge in [0, 0.05) is 10.9 Å². The Kier molecular flexibility index (Phi) is 6.94. The highest BCUT2D eigenvalue weighted by Crippen LogP contribution is 2.45. The van der Waals surface area contributed by atoms with E-state index in [1.54, 1.807) is 18.2 Å². The molecular weight excluding hydrogens is 439 g/mol. The number of pyridine rings is 1. The summed E-state index contributed by atoms with van der Waals surface area (Å²) in [5.74, 6) is -0.517. The van der Waals surface area contributed by atoms with Gasteiger partial charge in [0.25, 0.3) is 5.91 Å². The van der Waals surface area contributed by atoms with Crippen LogP contribution in [0, 0.1) is 0 Å². The summed E-state index contributed by atoms with van der Waals surface area (Å²) >= 11 is 0. The van der Waals surface area contributed by atoms with E-state index in [0.717, 1.165) is 50.4 Å². The van der Waals surface area contributed by atoms with Gasteiger partial charge in [-0.1, -0.05) is 75.2 Å². The van der Waals surface area contributed by atoms with Gasteiger partial charge in [-0.05, 0) is 43.6 Å². The van der Waals surface area contributed by atoms with E-state index >= 15 is 0 Å². The number of benzene rings is 2. The van der Waals surface area contributed by atoms with Crippen LogP contribution < -0.4 is 5.32 Å². The van der Waals surface area contributed by atoms with Crippen LogP contribution in [0.4, 0.5) is 13.2 Å². The van der Waals surface area contributed by atoms with Gasteiger partial charge in [0.1, 0.15) is 5.69 Å². The molecule has 1 unspecified atom stereocenters. The van der Waals surface area contributed by atoms with Gasteiger partial charge < -0.3 is 5.32 Å². The number of nitrogens with zero attached hydrogens (tertiary/aromatic N) is 2. The minimum atomic E-state index is -4.65. The number of aromatic nitrogens is 1. The van der Waals surface area contributed by atoms with Crippen LogP contribution in [0.15, 0.2) is 60.7 Å². The summed E-state index contributed by atoms with van der Waals surface area (Å²) in [5, 5.41) is 3.58. The molecule has 1 heterocycles. The summed E-state index contributed by atoms with van der Waals surface area (Å²) < 4.78 is 40.8. The molecule has 1 aromatic heterocycles. The molecule has 1 saturated carbocycles. The smallest absolute Gasteiger partial charge is 0.343 e. The molecule has 1 N–H and O–H groups in total. The Labute approximate surface area is 198 Å². The number of nitrogens with one attached hydrogen (secondary N) is 1. The number of hydrogen-bond donors (Lipinski definition) is 1. The van der Waals surface area contributed by atoms with Crippen molar-refractivity contribution >= 4 is 16.8 Å². The fourth-order valence-corrected chi connectivity index (χ4v) is 5.52. The Hall–Kier alpha value is -2.93. The lowest BCUT2D eigenvalue weighted by molar-refractivity contribution is -0.140. The first kappa shape index (κ1) is 24.2. The SMILES string of the molecule is CCN(CC)C1(C(NC(=O)c2cc(C(F)(F)F)nc3ccccc23)c2ccccc2)CCCC1. The lowest BCUT2D eigenvalue weighted by atomic mass is 9.81. The number of carbonyl (C=O) groups is 1. The summed E-state index contributed by atoms with van der Waals surface area (Å²) in [6.07, 6.45) is -0.719. The van der Waals surface area contributed by atoms with Crippen LogP contribution in [0.25, 0.3) is 10.9 Å². The zero-order valence-corrected chi connectivity index (χ0v) is 19.5. The van der Waals surface area contributed by atoms with Crippen LogP contribution in [-0.4, -0.2) is 34.4 Å². The summed E-state index contributed by atoms with van der Waals surface area (Å²) in [6, 6.07) is 16.8. The van der Waals surface area contributed by atoms with Gasteiger partial charge >= 0.3 is 6.18 Å². The standard InChI is InChI=1S/C27H30F3N3O/c1-3-33(4-2)26(16-10-11-17-26)24(19-12-6-5-7-13-19)32-25(34)21-18-23(27(28,29)30)31-22-15-9-8-14-20(21)22/h5-9,12-15,18,24H,3-4,10-11,16-17H2,1-2H3,(H,32,34). The molecule has 0 spiro atoms. The Morgan fingerprint density at radius 3 is 2.26 bits per heavy atom. The molecule has 7 heteroatoms. The highest BCUT2D eigenvalue weighted by atomic mass is 19.4. The van der Waals surface area contributed by atoms with Crippen LogP contribution in [0.3, 0.4) is 0 Å². The molecule has 3 aromatic rings. The molecule has 2 aromatic carbocycles. The lowest BCUT2D eigenvalue weighted by Crippen LogP contribution is -2.56. The van der Waals surface area contributed by atoms with Crippen LogP contribution in [0.2, 0.25) is 0 Å².